The summed E-state index contributed by atoms with van der Waals surface area (Å²) in [5.41, 5.74) is 7.41. The molecule has 2 aromatic heterocycles. The quantitative estimate of drug-likeness (QED) is 0.893. The molecule has 2 heterocycles. The summed E-state index contributed by atoms with van der Waals surface area (Å²) >= 11 is 7.61. The maximum Gasteiger partial charge on any atom is 0.263 e. The molecule has 0 unspecified atom stereocenters. The molecule has 5 nitrogen and oxygen atoms in total. The first-order valence-corrected chi connectivity index (χ1v) is 8.43. The van der Waals surface area contributed by atoms with Gasteiger partial charge in [-0.1, -0.05) is 11.6 Å². The Morgan fingerprint density at radius 3 is 2.77 bits per heavy atom. The number of amides is 1. The molecule has 22 heavy (non-hydrogen) atoms. The summed E-state index contributed by atoms with van der Waals surface area (Å²) < 4.78 is 5.64. The van der Waals surface area contributed by atoms with Crippen LogP contribution in [0.15, 0.2) is 0 Å². The molecule has 1 saturated carbocycles. The molecule has 0 saturated heterocycles. The number of pyridine rings is 1. The number of aromatic nitrogens is 1. The number of nitrogens with zero attached hydrogens (tertiary/aromatic N) is 1. The molecule has 0 spiro atoms. The lowest BCUT2D eigenvalue weighted by atomic mass is 10.1. The number of nitrogen functional groups attached to an aromatic ring is 1. The van der Waals surface area contributed by atoms with Crippen LogP contribution in [0.4, 0.5) is 5.69 Å². The normalized spacial score (nSPS) is 14.6. The van der Waals surface area contributed by atoms with Crippen molar-refractivity contribution in [1.29, 1.82) is 0 Å². The van der Waals surface area contributed by atoms with Crippen molar-refractivity contribution in [3.8, 4) is 5.88 Å². The van der Waals surface area contributed by atoms with Gasteiger partial charge in [0.25, 0.3) is 5.91 Å². The van der Waals surface area contributed by atoms with Gasteiger partial charge in [-0.15, -0.1) is 11.3 Å². The topological polar surface area (TPSA) is 77.2 Å². The van der Waals surface area contributed by atoms with E-state index in [1.165, 1.54) is 11.3 Å². The van der Waals surface area contributed by atoms with Crippen LogP contribution in [0, 0.1) is 6.92 Å². The first kappa shape index (κ1) is 15.4. The van der Waals surface area contributed by atoms with E-state index < -0.39 is 0 Å². The van der Waals surface area contributed by atoms with Gasteiger partial charge in [0.1, 0.15) is 14.7 Å². The summed E-state index contributed by atoms with van der Waals surface area (Å²) in [6.45, 7) is 5.69. The number of halogens is 1. The lowest BCUT2D eigenvalue weighted by Crippen LogP contribution is -2.25. The Bertz CT molecular complexity index is 753. The average molecular weight is 340 g/mol. The summed E-state index contributed by atoms with van der Waals surface area (Å²) in [4.78, 5) is 17.9. The molecule has 3 N–H and O–H groups in total. The molecule has 118 valence electrons. The smallest absolute Gasteiger partial charge is 0.263 e. The van der Waals surface area contributed by atoms with Crippen LogP contribution < -0.4 is 15.8 Å². The van der Waals surface area contributed by atoms with Gasteiger partial charge in [-0.2, -0.15) is 0 Å². The van der Waals surface area contributed by atoms with Gasteiger partial charge in [0.05, 0.1) is 11.8 Å². The number of rotatable bonds is 4. The number of nitrogens with two attached hydrogens (primary N) is 1. The van der Waals surface area contributed by atoms with Crippen LogP contribution in [0.2, 0.25) is 5.02 Å². The van der Waals surface area contributed by atoms with E-state index in [4.69, 9.17) is 22.1 Å². The Kier molecular flexibility index (Phi) is 3.91. The number of anilines is 1. The maximum atomic E-state index is 12.3. The first-order chi connectivity index (χ1) is 10.4. The molecule has 0 aromatic carbocycles. The van der Waals surface area contributed by atoms with Crippen molar-refractivity contribution in [2.75, 3.05) is 5.73 Å². The fourth-order valence-electron chi connectivity index (χ4n) is 2.23. The van der Waals surface area contributed by atoms with Gasteiger partial charge in [-0.05, 0) is 39.2 Å². The predicted octanol–water partition coefficient (Wildman–Crippen LogP) is 3.52. The molecule has 1 aliphatic carbocycles. The molecule has 1 amide bonds. The van der Waals surface area contributed by atoms with Crippen LogP contribution in [0.3, 0.4) is 0 Å². The van der Waals surface area contributed by atoms with E-state index in [1.54, 1.807) is 0 Å². The summed E-state index contributed by atoms with van der Waals surface area (Å²) in [7, 11) is 0. The van der Waals surface area contributed by atoms with E-state index in [0.29, 0.717) is 26.3 Å². The number of hydrogen-bond acceptors (Lipinski definition) is 5. The first-order valence-electron chi connectivity index (χ1n) is 7.24. The zero-order valence-electron chi connectivity index (χ0n) is 12.7. The SMILES string of the molecule is Cc1c(Cl)c(OC(C)C)nc2sc(C(=O)NC3CC3)c(N)c12. The van der Waals surface area contributed by atoms with Crippen molar-refractivity contribution in [1.82, 2.24) is 10.3 Å². The van der Waals surface area contributed by atoms with Gasteiger partial charge >= 0.3 is 0 Å². The predicted molar refractivity (Wildman–Crippen MR) is 90.0 cm³/mol. The van der Waals surface area contributed by atoms with Crippen LogP contribution in [-0.2, 0) is 0 Å². The second kappa shape index (κ2) is 5.59. The maximum absolute atomic E-state index is 12.3. The average Bonchev–Trinajstić information content (AvgIpc) is 3.18. The summed E-state index contributed by atoms with van der Waals surface area (Å²) in [5, 5.41) is 4.14. The summed E-state index contributed by atoms with van der Waals surface area (Å²) in [6.07, 6.45) is 2.04. The van der Waals surface area contributed by atoms with Gasteiger partial charge < -0.3 is 15.8 Å². The van der Waals surface area contributed by atoms with Gasteiger partial charge in [0, 0.05) is 11.4 Å². The Labute approximate surface area is 137 Å². The molecule has 0 radical (unpaired) electrons. The third kappa shape index (κ3) is 2.73. The second-order valence-electron chi connectivity index (χ2n) is 5.80. The molecule has 7 heteroatoms. The van der Waals surface area contributed by atoms with E-state index in [1.807, 2.05) is 20.8 Å². The minimum absolute atomic E-state index is 0.0307. The van der Waals surface area contributed by atoms with Gasteiger partial charge in [0.2, 0.25) is 5.88 Å². The van der Waals surface area contributed by atoms with E-state index in [-0.39, 0.29) is 18.1 Å². The monoisotopic (exact) mass is 339 g/mol. The van der Waals surface area contributed by atoms with Crippen molar-refractivity contribution in [2.24, 2.45) is 0 Å². The molecular formula is C15H18ClN3O2S. The highest BCUT2D eigenvalue weighted by atomic mass is 35.5. The van der Waals surface area contributed by atoms with Gasteiger partial charge in [-0.3, -0.25) is 4.79 Å². The minimum Gasteiger partial charge on any atom is -0.474 e. The van der Waals surface area contributed by atoms with Crippen molar-refractivity contribution in [2.45, 2.75) is 45.8 Å². The highest BCUT2D eigenvalue weighted by Gasteiger charge is 2.27. The fourth-order valence-corrected chi connectivity index (χ4v) is 3.46. The molecule has 0 aliphatic heterocycles. The number of hydrogen-bond donors (Lipinski definition) is 2. The van der Waals surface area contributed by atoms with Crippen LogP contribution in [-0.4, -0.2) is 23.0 Å². The highest BCUT2D eigenvalue weighted by molar-refractivity contribution is 7.21. The van der Waals surface area contributed by atoms with Crippen molar-refractivity contribution in [3.05, 3.63) is 15.5 Å². The van der Waals surface area contributed by atoms with Crippen LogP contribution >= 0.6 is 22.9 Å². The number of aryl methyl sites for hydroxylation is 1. The lowest BCUT2D eigenvalue weighted by molar-refractivity contribution is 0.0956. The van der Waals surface area contributed by atoms with Crippen LogP contribution in [0.1, 0.15) is 41.9 Å². The zero-order valence-corrected chi connectivity index (χ0v) is 14.3. The van der Waals surface area contributed by atoms with Crippen LogP contribution in [0.25, 0.3) is 10.2 Å². The Morgan fingerprint density at radius 1 is 1.50 bits per heavy atom. The van der Waals surface area contributed by atoms with Crippen molar-refractivity contribution >= 4 is 44.7 Å². The number of thiophene rings is 1. The van der Waals surface area contributed by atoms with E-state index in [9.17, 15) is 4.79 Å². The standard InChI is InChI=1S/C15H18ClN3O2S/c1-6(2)21-14-10(16)7(3)9-11(17)12(22-15(9)19-14)13(20)18-8-4-5-8/h6,8H,4-5,17H2,1-3H3,(H,18,20). The van der Waals surface area contributed by atoms with Crippen molar-refractivity contribution in [3.63, 3.8) is 0 Å². The molecular weight excluding hydrogens is 322 g/mol. The molecule has 2 aromatic rings. The number of ether oxygens (including phenoxy) is 1. The number of carbonyl (C=O) groups is 1. The second-order valence-corrected chi connectivity index (χ2v) is 7.17. The minimum atomic E-state index is -0.134. The number of nitrogens with one attached hydrogen (secondary N) is 1. The molecule has 1 aliphatic rings. The third-order valence-electron chi connectivity index (χ3n) is 3.49. The Balaban J connectivity index is 2.08. The highest BCUT2D eigenvalue weighted by Crippen LogP contribution is 2.41. The van der Waals surface area contributed by atoms with Gasteiger partial charge in [0.15, 0.2) is 0 Å². The number of carbonyl (C=O) groups excluding carboxylic acids is 1. The Hall–Kier alpha value is -1.53. The summed E-state index contributed by atoms with van der Waals surface area (Å²) in [5.74, 6) is 0.252. The molecule has 0 atom stereocenters. The Morgan fingerprint density at radius 2 is 2.18 bits per heavy atom. The summed E-state index contributed by atoms with van der Waals surface area (Å²) in [6, 6.07) is 0.287. The van der Waals surface area contributed by atoms with Crippen LogP contribution in [0.5, 0.6) is 5.88 Å². The zero-order chi connectivity index (χ0) is 16.0. The van der Waals surface area contributed by atoms with E-state index >= 15 is 0 Å². The third-order valence-corrected chi connectivity index (χ3v) is 5.03. The van der Waals surface area contributed by atoms with Gasteiger partial charge in [-0.25, -0.2) is 4.98 Å². The van der Waals surface area contributed by atoms with E-state index in [0.717, 1.165) is 23.8 Å². The molecule has 3 rings (SSSR count). The fraction of sp³-hybridized carbons (Fsp3) is 0.467. The molecule has 1 fully saturated rings. The largest absolute Gasteiger partial charge is 0.474 e. The molecule has 0 bridgehead atoms. The van der Waals surface area contributed by atoms with E-state index in [2.05, 4.69) is 10.3 Å². The number of fused-ring (bicyclic) bond motifs is 1. The van der Waals surface area contributed by atoms with Crippen molar-refractivity contribution < 1.29 is 9.53 Å². The lowest BCUT2D eigenvalue weighted by Gasteiger charge is -2.12.